The Morgan fingerprint density at radius 1 is 1.20 bits per heavy atom. The summed E-state index contributed by atoms with van der Waals surface area (Å²) in [5.74, 6) is 2.65. The van der Waals surface area contributed by atoms with E-state index in [-0.39, 0.29) is 0 Å². The maximum Gasteiger partial charge on any atom is 0.0737 e. The summed E-state index contributed by atoms with van der Waals surface area (Å²) in [4.78, 5) is 3.97. The quantitative estimate of drug-likeness (QED) is 0.424. The van der Waals surface area contributed by atoms with Crippen LogP contribution in [0.15, 0.2) is 35.3 Å². The molecule has 1 aromatic rings. The van der Waals surface area contributed by atoms with Crippen LogP contribution in [0.3, 0.4) is 0 Å². The van der Waals surface area contributed by atoms with Gasteiger partial charge in [-0.25, -0.2) is 0 Å². The Labute approximate surface area is 62.0 Å². The lowest BCUT2D eigenvalue weighted by Crippen LogP contribution is -1.60. The molecule has 0 aliphatic rings. The van der Waals surface area contributed by atoms with Gasteiger partial charge in [0.15, 0.2) is 0 Å². The molecule has 0 heterocycles. The van der Waals surface area contributed by atoms with Crippen LogP contribution in [0.2, 0.25) is 0 Å². The lowest BCUT2D eigenvalue weighted by atomic mass is 10.3. The second-order valence-corrected chi connectivity index (χ2v) is 2.09. The molecule has 50 valence electrons. The van der Waals surface area contributed by atoms with Crippen molar-refractivity contribution in [3.63, 3.8) is 0 Å². The molecule has 1 nitrogen and oxygen atoms in total. The first-order valence-corrected chi connectivity index (χ1v) is 3.67. The minimum Gasteiger partial charge on any atom is -0.198 e. The molecule has 1 rings (SSSR count). The Balaban J connectivity index is 2.97. The number of hydrogen-bond acceptors (Lipinski definition) is 1. The van der Waals surface area contributed by atoms with Crippen LogP contribution in [0.1, 0.15) is 0 Å². The van der Waals surface area contributed by atoms with Gasteiger partial charge in [0.25, 0.3) is 0 Å². The van der Waals surface area contributed by atoms with Crippen molar-refractivity contribution >= 4 is 25.9 Å². The van der Waals surface area contributed by atoms with E-state index < -0.39 is 0 Å². The van der Waals surface area contributed by atoms with Crippen LogP contribution >= 0.6 is 8.86 Å². The Morgan fingerprint density at radius 3 is 2.50 bits per heavy atom. The van der Waals surface area contributed by atoms with Crippen LogP contribution < -0.4 is 0 Å². The van der Waals surface area contributed by atoms with Gasteiger partial charge in [0, 0.05) is 5.87 Å². The van der Waals surface area contributed by atoms with Crippen molar-refractivity contribution in [1.29, 1.82) is 0 Å². The topological polar surface area (TPSA) is 12.4 Å². The van der Waals surface area contributed by atoms with Gasteiger partial charge in [0.1, 0.15) is 0 Å². The molecule has 0 radical (unpaired) electrons. The molecule has 1 unspecified atom stereocenters. The monoisotopic (exact) mass is 149 g/mol. The molecule has 0 amide bonds. The third-order valence-corrected chi connectivity index (χ3v) is 1.18. The molecule has 0 aliphatic carbocycles. The zero-order valence-corrected chi connectivity index (χ0v) is 6.96. The molecule has 0 N–H and O–H groups in total. The van der Waals surface area contributed by atoms with Crippen molar-refractivity contribution in [2.45, 2.75) is 0 Å². The first kappa shape index (κ1) is 7.12. The van der Waals surface area contributed by atoms with E-state index in [0.29, 0.717) is 0 Å². The Hall–Kier alpha value is -0.990. The second-order valence-electron chi connectivity index (χ2n) is 1.74. The zero-order valence-electron chi connectivity index (χ0n) is 5.54. The van der Waals surface area contributed by atoms with Gasteiger partial charge in [-0.2, -0.15) is 4.99 Å². The summed E-state index contributed by atoms with van der Waals surface area (Å²) in [6.45, 7) is 0. The van der Waals surface area contributed by atoms with Gasteiger partial charge in [-0.15, -0.1) is 0 Å². The average molecular weight is 149 g/mol. The molecule has 1 aromatic carbocycles. The largest absolute Gasteiger partial charge is 0.198 e. The van der Waals surface area contributed by atoms with E-state index in [4.69, 9.17) is 0 Å². The van der Waals surface area contributed by atoms with E-state index in [1.54, 1.807) is 8.86 Å². The summed E-state index contributed by atoms with van der Waals surface area (Å²) in [7, 11) is 1.60. The highest BCUT2D eigenvalue weighted by Crippen LogP contribution is 2.07. The van der Waals surface area contributed by atoms with Gasteiger partial charge in [-0.3, -0.25) is 0 Å². The molecule has 2 heteroatoms. The highest BCUT2D eigenvalue weighted by molar-refractivity contribution is 7.18. The van der Waals surface area contributed by atoms with Crippen molar-refractivity contribution in [2.75, 3.05) is 0 Å². The van der Waals surface area contributed by atoms with Crippen LogP contribution in [0.4, 0.5) is 5.69 Å². The maximum absolute atomic E-state index is 3.97. The lowest BCUT2D eigenvalue weighted by molar-refractivity contribution is 1.55. The highest BCUT2D eigenvalue weighted by atomic mass is 31.0. The Morgan fingerprint density at radius 2 is 1.90 bits per heavy atom. The number of para-hydroxylation sites is 1. The number of nitrogens with zero attached hydrogens (tertiary/aromatic N) is 1. The van der Waals surface area contributed by atoms with E-state index in [1.165, 1.54) is 0 Å². The van der Waals surface area contributed by atoms with Crippen molar-refractivity contribution < 1.29 is 0 Å². The number of hydrogen-bond donors (Lipinski definition) is 0. The van der Waals surface area contributed by atoms with Gasteiger partial charge in [-0.1, -0.05) is 32.5 Å². The van der Waals surface area contributed by atoms with Gasteiger partial charge in [0.2, 0.25) is 0 Å². The van der Waals surface area contributed by atoms with Crippen molar-refractivity contribution in [2.24, 2.45) is 4.99 Å². The fourth-order valence-corrected chi connectivity index (χ4v) is 0.686. The van der Waals surface area contributed by atoms with E-state index in [9.17, 15) is 0 Å². The molecule has 0 saturated carbocycles. The fraction of sp³-hybridized carbons (Fsp3) is 0. The molecule has 0 saturated heterocycles. The predicted octanol–water partition coefficient (Wildman–Crippen LogP) is 1.55. The molecular formula is C8H8NP. The van der Waals surface area contributed by atoms with Gasteiger partial charge in [-0.05, 0) is 12.1 Å². The summed E-state index contributed by atoms with van der Waals surface area (Å²) in [5.41, 5.74) is 3.65. The molecule has 0 bridgehead atoms. The summed E-state index contributed by atoms with van der Waals surface area (Å²) >= 11 is 0. The maximum atomic E-state index is 3.97. The lowest BCUT2D eigenvalue weighted by Gasteiger charge is -1.84. The molecule has 0 aromatic heterocycles. The van der Waals surface area contributed by atoms with Gasteiger partial charge >= 0.3 is 0 Å². The summed E-state index contributed by atoms with van der Waals surface area (Å²) in [5, 5.41) is 0. The van der Waals surface area contributed by atoms with Crippen LogP contribution in [0, 0.1) is 0 Å². The normalized spacial score (nSPS) is 8.00. The Kier molecular flexibility index (Phi) is 2.80. The molecule has 0 fully saturated rings. The van der Waals surface area contributed by atoms with Crippen LogP contribution in [-0.2, 0) is 0 Å². The molecule has 1 atom stereocenters. The third kappa shape index (κ3) is 2.09. The fourth-order valence-electron chi connectivity index (χ4n) is 0.607. The minimum atomic E-state index is 0.918. The summed E-state index contributed by atoms with van der Waals surface area (Å²) in [6, 6.07) is 9.69. The van der Waals surface area contributed by atoms with E-state index >= 15 is 0 Å². The van der Waals surface area contributed by atoms with Gasteiger partial charge < -0.3 is 0 Å². The number of rotatable bonds is 1. The molecule has 10 heavy (non-hydrogen) atoms. The SMILES string of the molecule is [PH3]=C=C=Nc1ccccc1. The van der Waals surface area contributed by atoms with E-state index in [0.717, 1.165) is 5.69 Å². The highest BCUT2D eigenvalue weighted by Gasteiger charge is 1.79. The second kappa shape index (κ2) is 3.93. The standard InChI is InChI=1S/C8H8NP/c10-7-6-9-8-4-2-1-3-5-8/h1-5H,10H3. The van der Waals surface area contributed by atoms with E-state index in [1.807, 2.05) is 30.3 Å². The minimum absolute atomic E-state index is 0.918. The predicted molar refractivity (Wildman–Crippen MR) is 49.6 cm³/mol. The van der Waals surface area contributed by atoms with Crippen molar-refractivity contribution in [3.8, 4) is 0 Å². The van der Waals surface area contributed by atoms with Crippen LogP contribution in [0.5, 0.6) is 0 Å². The average Bonchev–Trinajstić information content (AvgIpc) is 2.03. The molecular weight excluding hydrogens is 141 g/mol. The van der Waals surface area contributed by atoms with Gasteiger partial charge in [0.05, 0.1) is 5.69 Å². The number of benzene rings is 1. The van der Waals surface area contributed by atoms with Crippen molar-refractivity contribution in [1.82, 2.24) is 0 Å². The Bertz CT molecular complexity index is 279. The third-order valence-electron chi connectivity index (χ3n) is 1.02. The molecule has 0 spiro atoms. The smallest absolute Gasteiger partial charge is 0.0737 e. The number of aliphatic imine (C=N–C) groups is 1. The first-order valence-electron chi connectivity index (χ1n) is 2.96. The van der Waals surface area contributed by atoms with Crippen LogP contribution in [0.25, 0.3) is 0 Å². The van der Waals surface area contributed by atoms with Crippen molar-refractivity contribution in [3.05, 3.63) is 30.3 Å². The summed E-state index contributed by atoms with van der Waals surface area (Å²) in [6.07, 6.45) is 0. The first-order chi connectivity index (χ1) is 4.93. The van der Waals surface area contributed by atoms with Crippen LogP contribution in [-0.4, -0.2) is 11.3 Å². The summed E-state index contributed by atoms with van der Waals surface area (Å²) < 4.78 is 0. The molecule has 0 aliphatic heterocycles. The zero-order chi connectivity index (χ0) is 7.23. The van der Waals surface area contributed by atoms with E-state index in [2.05, 4.69) is 16.3 Å².